The van der Waals surface area contributed by atoms with Crippen molar-refractivity contribution in [1.29, 1.82) is 5.41 Å². The first-order valence-electron chi connectivity index (χ1n) is 7.52. The summed E-state index contributed by atoms with van der Waals surface area (Å²) in [6.45, 7) is 6.98. The van der Waals surface area contributed by atoms with Crippen molar-refractivity contribution in [2.24, 2.45) is 17.8 Å². The molecule has 2 aliphatic rings. The Balaban J connectivity index is 1.81. The molecule has 2 nitrogen and oxygen atoms in total. The number of rotatable bonds is 2. The molecule has 1 saturated carbocycles. The normalized spacial score (nSPS) is 30.6. The van der Waals surface area contributed by atoms with Crippen molar-refractivity contribution in [3.8, 4) is 0 Å². The van der Waals surface area contributed by atoms with Gasteiger partial charge < -0.3 is 4.90 Å². The molecule has 1 aliphatic carbocycles. The van der Waals surface area contributed by atoms with Crippen LogP contribution in [-0.2, 0) is 0 Å². The van der Waals surface area contributed by atoms with Crippen molar-refractivity contribution in [2.75, 3.05) is 13.1 Å². The summed E-state index contributed by atoms with van der Waals surface area (Å²) in [4.78, 5) is 2.35. The minimum absolute atomic E-state index is 0.572. The van der Waals surface area contributed by atoms with Crippen molar-refractivity contribution in [1.82, 2.24) is 4.90 Å². The zero-order valence-electron chi connectivity index (χ0n) is 11.5. The topological polar surface area (TPSA) is 27.1 Å². The standard InChI is InChI=1S/C15H28N2/c1-12(2)13-6-8-14(9-7-13)15(16)17-10-4-3-5-11-17/h12-14,16H,3-11H2,1-2H3. The fraction of sp³-hybridized carbons (Fsp3) is 0.933. The van der Waals surface area contributed by atoms with Crippen LogP contribution in [0.15, 0.2) is 0 Å². The van der Waals surface area contributed by atoms with Crippen LogP contribution in [0.2, 0.25) is 0 Å². The number of amidine groups is 1. The Morgan fingerprint density at radius 2 is 1.59 bits per heavy atom. The molecule has 1 aliphatic heterocycles. The zero-order valence-corrected chi connectivity index (χ0v) is 11.5. The molecule has 1 heterocycles. The summed E-state index contributed by atoms with van der Waals surface area (Å²) in [5.41, 5.74) is 0. The lowest BCUT2D eigenvalue weighted by Gasteiger charge is -2.37. The lowest BCUT2D eigenvalue weighted by molar-refractivity contribution is 0.237. The molecule has 0 amide bonds. The van der Waals surface area contributed by atoms with Crippen LogP contribution in [0.25, 0.3) is 0 Å². The summed E-state index contributed by atoms with van der Waals surface area (Å²) in [6, 6.07) is 0. The Morgan fingerprint density at radius 1 is 1.00 bits per heavy atom. The first-order valence-corrected chi connectivity index (χ1v) is 7.52. The highest BCUT2D eigenvalue weighted by molar-refractivity contribution is 5.81. The molecule has 1 N–H and O–H groups in total. The van der Waals surface area contributed by atoms with Crippen molar-refractivity contribution < 1.29 is 0 Å². The van der Waals surface area contributed by atoms with Crippen LogP contribution in [-0.4, -0.2) is 23.8 Å². The van der Waals surface area contributed by atoms with E-state index in [2.05, 4.69) is 18.7 Å². The molecule has 2 heteroatoms. The fourth-order valence-electron chi connectivity index (χ4n) is 3.45. The predicted molar refractivity (Wildman–Crippen MR) is 73.4 cm³/mol. The van der Waals surface area contributed by atoms with E-state index in [0.717, 1.165) is 30.8 Å². The van der Waals surface area contributed by atoms with E-state index in [-0.39, 0.29) is 0 Å². The molecule has 0 aromatic rings. The zero-order chi connectivity index (χ0) is 12.3. The molecule has 1 saturated heterocycles. The van der Waals surface area contributed by atoms with Crippen molar-refractivity contribution in [2.45, 2.75) is 58.8 Å². The summed E-state index contributed by atoms with van der Waals surface area (Å²) < 4.78 is 0. The van der Waals surface area contributed by atoms with Crippen LogP contribution < -0.4 is 0 Å². The van der Waals surface area contributed by atoms with Gasteiger partial charge in [0.05, 0.1) is 5.84 Å². The van der Waals surface area contributed by atoms with Crippen molar-refractivity contribution in [3.63, 3.8) is 0 Å². The van der Waals surface area contributed by atoms with Gasteiger partial charge in [-0.2, -0.15) is 0 Å². The van der Waals surface area contributed by atoms with Gasteiger partial charge in [0.25, 0.3) is 0 Å². The van der Waals surface area contributed by atoms with E-state index in [1.165, 1.54) is 44.9 Å². The number of nitrogens with one attached hydrogen (secondary N) is 1. The highest BCUT2D eigenvalue weighted by Gasteiger charge is 2.28. The maximum Gasteiger partial charge on any atom is 0.0989 e. The minimum atomic E-state index is 0.572. The van der Waals surface area contributed by atoms with Gasteiger partial charge in [0, 0.05) is 19.0 Å². The molecule has 0 atom stereocenters. The predicted octanol–water partition coefficient (Wildman–Crippen LogP) is 3.91. The van der Waals surface area contributed by atoms with Gasteiger partial charge in [0.15, 0.2) is 0 Å². The summed E-state index contributed by atoms with van der Waals surface area (Å²) in [5, 5.41) is 8.38. The molecule has 0 spiro atoms. The monoisotopic (exact) mass is 236 g/mol. The Bertz CT molecular complexity index is 246. The maximum atomic E-state index is 8.38. The molecule has 0 bridgehead atoms. The number of piperidine rings is 1. The van der Waals surface area contributed by atoms with Crippen LogP contribution in [0.1, 0.15) is 58.8 Å². The quantitative estimate of drug-likeness (QED) is 0.571. The number of hydrogen-bond donors (Lipinski definition) is 1. The van der Waals surface area contributed by atoms with E-state index in [4.69, 9.17) is 5.41 Å². The van der Waals surface area contributed by atoms with Crippen LogP contribution in [0.5, 0.6) is 0 Å². The van der Waals surface area contributed by atoms with Gasteiger partial charge in [-0.15, -0.1) is 0 Å². The first kappa shape index (κ1) is 12.9. The smallest absolute Gasteiger partial charge is 0.0989 e. The molecule has 0 radical (unpaired) electrons. The maximum absolute atomic E-state index is 8.38. The van der Waals surface area contributed by atoms with Crippen LogP contribution in [0, 0.1) is 23.2 Å². The third-order valence-corrected chi connectivity index (χ3v) is 4.80. The van der Waals surface area contributed by atoms with Crippen LogP contribution in [0.3, 0.4) is 0 Å². The summed E-state index contributed by atoms with van der Waals surface area (Å²) in [7, 11) is 0. The Kier molecular flexibility index (Phi) is 4.47. The molecule has 0 aromatic heterocycles. The van der Waals surface area contributed by atoms with E-state index < -0.39 is 0 Å². The largest absolute Gasteiger partial charge is 0.360 e. The van der Waals surface area contributed by atoms with Gasteiger partial charge in [-0.1, -0.05) is 13.8 Å². The highest BCUT2D eigenvalue weighted by Crippen LogP contribution is 2.34. The van der Waals surface area contributed by atoms with E-state index in [0.29, 0.717) is 5.92 Å². The number of hydrogen-bond acceptors (Lipinski definition) is 1. The van der Waals surface area contributed by atoms with E-state index in [1.807, 2.05) is 0 Å². The Hall–Kier alpha value is -0.530. The average molecular weight is 236 g/mol. The SMILES string of the molecule is CC(C)C1CCC(C(=N)N2CCCCC2)CC1. The number of likely N-dealkylation sites (tertiary alicyclic amines) is 1. The van der Waals surface area contributed by atoms with Crippen molar-refractivity contribution >= 4 is 5.84 Å². The second kappa shape index (κ2) is 5.88. The van der Waals surface area contributed by atoms with Gasteiger partial charge in [-0.05, 0) is 56.8 Å². The molecule has 0 unspecified atom stereocenters. The van der Waals surface area contributed by atoms with Crippen LogP contribution >= 0.6 is 0 Å². The lowest BCUT2D eigenvalue weighted by atomic mass is 9.76. The molecule has 2 fully saturated rings. The summed E-state index contributed by atoms with van der Waals surface area (Å²) >= 11 is 0. The second-order valence-electron chi connectivity index (χ2n) is 6.29. The molecule has 17 heavy (non-hydrogen) atoms. The third-order valence-electron chi connectivity index (χ3n) is 4.80. The minimum Gasteiger partial charge on any atom is -0.360 e. The second-order valence-corrected chi connectivity index (χ2v) is 6.29. The van der Waals surface area contributed by atoms with Gasteiger partial charge in [0.2, 0.25) is 0 Å². The lowest BCUT2D eigenvalue weighted by Crippen LogP contribution is -2.40. The average Bonchev–Trinajstić information content (AvgIpc) is 2.39. The molecule has 0 aromatic carbocycles. The molecular formula is C15H28N2. The van der Waals surface area contributed by atoms with E-state index in [9.17, 15) is 0 Å². The number of nitrogens with zero attached hydrogens (tertiary/aromatic N) is 1. The van der Waals surface area contributed by atoms with Gasteiger partial charge in [0.1, 0.15) is 0 Å². The summed E-state index contributed by atoms with van der Waals surface area (Å²) in [6.07, 6.45) is 9.17. The third kappa shape index (κ3) is 3.23. The van der Waals surface area contributed by atoms with E-state index >= 15 is 0 Å². The van der Waals surface area contributed by atoms with Crippen LogP contribution in [0.4, 0.5) is 0 Å². The van der Waals surface area contributed by atoms with Gasteiger partial charge in [-0.25, -0.2) is 0 Å². The molecule has 98 valence electrons. The van der Waals surface area contributed by atoms with Gasteiger partial charge in [-0.3, -0.25) is 5.41 Å². The summed E-state index contributed by atoms with van der Waals surface area (Å²) in [5.74, 6) is 3.29. The highest BCUT2D eigenvalue weighted by atomic mass is 15.2. The Morgan fingerprint density at radius 3 is 2.12 bits per heavy atom. The first-order chi connectivity index (χ1) is 8.18. The molecule has 2 rings (SSSR count). The Labute approximate surface area is 106 Å². The fourth-order valence-corrected chi connectivity index (χ4v) is 3.45. The van der Waals surface area contributed by atoms with E-state index in [1.54, 1.807) is 0 Å². The van der Waals surface area contributed by atoms with Gasteiger partial charge >= 0.3 is 0 Å². The molecular weight excluding hydrogens is 208 g/mol. The van der Waals surface area contributed by atoms with Crippen molar-refractivity contribution in [3.05, 3.63) is 0 Å².